The number of aromatic hydroxyl groups is 2. The minimum atomic E-state index is -1.04. The van der Waals surface area contributed by atoms with Crippen LogP contribution in [-0.2, 0) is 11.2 Å². The molecule has 1 aromatic heterocycles. The Balaban J connectivity index is 2.38. The van der Waals surface area contributed by atoms with Gasteiger partial charge in [0, 0.05) is 24.1 Å². The summed E-state index contributed by atoms with van der Waals surface area (Å²) in [6.07, 6.45) is -0.286. The van der Waals surface area contributed by atoms with E-state index in [0.717, 1.165) is 6.07 Å². The molecule has 3 N–H and O–H groups in total. The van der Waals surface area contributed by atoms with Gasteiger partial charge in [-0.3, -0.25) is 9.59 Å². The van der Waals surface area contributed by atoms with Gasteiger partial charge in [-0.2, -0.15) is 0 Å². The third-order valence-corrected chi connectivity index (χ3v) is 3.97. The van der Waals surface area contributed by atoms with Crippen LogP contribution in [0.3, 0.4) is 0 Å². The van der Waals surface area contributed by atoms with Gasteiger partial charge in [-0.25, -0.2) is 0 Å². The fraction of sp³-hybridized carbons (Fsp3) is 0.158. The monoisotopic (exact) mass is 356 g/mol. The van der Waals surface area contributed by atoms with Gasteiger partial charge in [0.25, 0.3) is 0 Å². The average Bonchev–Trinajstić information content (AvgIpc) is 2.59. The molecule has 0 radical (unpaired) electrons. The maximum atomic E-state index is 13.1. The van der Waals surface area contributed by atoms with Crippen molar-refractivity contribution in [1.82, 2.24) is 0 Å². The Hall–Kier alpha value is -3.48. The smallest absolute Gasteiger partial charge is 0.303 e. The van der Waals surface area contributed by atoms with Gasteiger partial charge in [0.05, 0.1) is 19.1 Å². The van der Waals surface area contributed by atoms with E-state index in [1.54, 1.807) is 24.3 Å². The number of aryl methyl sites for hydroxylation is 1. The fourth-order valence-corrected chi connectivity index (χ4v) is 2.85. The largest absolute Gasteiger partial charge is 0.508 e. The number of phenols is 2. The SMILES string of the molecule is COc1ccccc1-c1c(CCC(=O)O)oc2cc(O)cc(O)c2c1=O. The number of carbonyl (C=O) groups is 1. The molecule has 0 unspecified atom stereocenters. The normalized spacial score (nSPS) is 10.8. The van der Waals surface area contributed by atoms with Gasteiger partial charge in [0.15, 0.2) is 0 Å². The number of carboxylic acids is 1. The predicted octanol–water partition coefficient (Wildman–Crippen LogP) is 2.90. The number of carboxylic acid groups (broad SMARTS) is 1. The molecule has 0 aliphatic heterocycles. The predicted molar refractivity (Wildman–Crippen MR) is 93.8 cm³/mol. The Labute approximate surface area is 147 Å². The van der Waals surface area contributed by atoms with Crippen molar-refractivity contribution >= 4 is 16.9 Å². The number of hydrogen-bond donors (Lipinski definition) is 3. The van der Waals surface area contributed by atoms with Crippen molar-refractivity contribution in [2.75, 3.05) is 7.11 Å². The Kier molecular flexibility index (Phi) is 4.53. The molecule has 0 saturated carbocycles. The minimum Gasteiger partial charge on any atom is -0.508 e. The molecule has 3 rings (SSSR count). The molecular weight excluding hydrogens is 340 g/mol. The van der Waals surface area contributed by atoms with Crippen molar-refractivity contribution in [3.05, 3.63) is 52.4 Å². The Morgan fingerprint density at radius 1 is 1.19 bits per heavy atom. The molecule has 0 amide bonds. The van der Waals surface area contributed by atoms with Crippen LogP contribution >= 0.6 is 0 Å². The van der Waals surface area contributed by atoms with Gasteiger partial charge in [-0.15, -0.1) is 0 Å². The molecule has 0 fully saturated rings. The molecule has 0 aliphatic rings. The van der Waals surface area contributed by atoms with Gasteiger partial charge in [-0.05, 0) is 6.07 Å². The maximum Gasteiger partial charge on any atom is 0.303 e. The molecule has 1 heterocycles. The van der Waals surface area contributed by atoms with Crippen LogP contribution in [-0.4, -0.2) is 28.4 Å². The number of methoxy groups -OCH3 is 1. The van der Waals surface area contributed by atoms with E-state index >= 15 is 0 Å². The van der Waals surface area contributed by atoms with E-state index in [1.165, 1.54) is 13.2 Å². The van der Waals surface area contributed by atoms with Crippen molar-refractivity contribution in [2.45, 2.75) is 12.8 Å². The van der Waals surface area contributed by atoms with Crippen molar-refractivity contribution in [3.63, 3.8) is 0 Å². The highest BCUT2D eigenvalue weighted by Gasteiger charge is 2.22. The lowest BCUT2D eigenvalue weighted by Gasteiger charge is -2.13. The quantitative estimate of drug-likeness (QED) is 0.643. The van der Waals surface area contributed by atoms with E-state index < -0.39 is 17.1 Å². The van der Waals surface area contributed by atoms with Crippen LogP contribution < -0.4 is 10.2 Å². The average molecular weight is 356 g/mol. The summed E-state index contributed by atoms with van der Waals surface area (Å²) in [5, 5.41) is 28.6. The van der Waals surface area contributed by atoms with Crippen molar-refractivity contribution < 1.29 is 29.3 Å². The third-order valence-electron chi connectivity index (χ3n) is 3.97. The van der Waals surface area contributed by atoms with Crippen molar-refractivity contribution in [3.8, 4) is 28.4 Å². The summed E-state index contributed by atoms with van der Waals surface area (Å²) in [5.41, 5.74) is -0.00382. The van der Waals surface area contributed by atoms with E-state index in [-0.39, 0.29) is 40.9 Å². The first-order valence-electron chi connectivity index (χ1n) is 7.79. The lowest BCUT2D eigenvalue weighted by Crippen LogP contribution is -2.11. The zero-order valence-electron chi connectivity index (χ0n) is 13.9. The van der Waals surface area contributed by atoms with E-state index in [2.05, 4.69) is 0 Å². The summed E-state index contributed by atoms with van der Waals surface area (Å²) in [6, 6.07) is 9.00. The van der Waals surface area contributed by atoms with Crippen LogP contribution in [0.25, 0.3) is 22.1 Å². The van der Waals surface area contributed by atoms with E-state index in [0.29, 0.717) is 11.3 Å². The second-order valence-electron chi connectivity index (χ2n) is 5.66. The molecule has 0 atom stereocenters. The highest BCUT2D eigenvalue weighted by molar-refractivity contribution is 5.89. The van der Waals surface area contributed by atoms with Crippen LogP contribution in [0, 0.1) is 0 Å². The van der Waals surface area contributed by atoms with Crippen molar-refractivity contribution in [1.29, 1.82) is 0 Å². The summed E-state index contributed by atoms with van der Waals surface area (Å²) in [6.45, 7) is 0. The second-order valence-corrected chi connectivity index (χ2v) is 5.66. The molecule has 7 heteroatoms. The maximum absolute atomic E-state index is 13.1. The van der Waals surface area contributed by atoms with Gasteiger partial charge in [0.2, 0.25) is 5.43 Å². The molecule has 0 bridgehead atoms. The standard InChI is InChI=1S/C19H16O7/c1-25-13-5-3-2-4-11(13)17-14(6-7-16(22)23)26-15-9-10(20)8-12(21)18(15)19(17)24/h2-5,8-9,20-21H,6-7H2,1H3,(H,22,23). The zero-order valence-corrected chi connectivity index (χ0v) is 13.9. The topological polar surface area (TPSA) is 117 Å². The molecule has 0 spiro atoms. The molecule has 26 heavy (non-hydrogen) atoms. The first-order valence-corrected chi connectivity index (χ1v) is 7.79. The highest BCUT2D eigenvalue weighted by Crippen LogP contribution is 2.35. The lowest BCUT2D eigenvalue weighted by molar-refractivity contribution is -0.137. The number of rotatable bonds is 5. The van der Waals surface area contributed by atoms with Crippen LogP contribution in [0.15, 0.2) is 45.6 Å². The molecule has 7 nitrogen and oxygen atoms in total. The Morgan fingerprint density at radius 2 is 1.92 bits per heavy atom. The summed E-state index contributed by atoms with van der Waals surface area (Å²) >= 11 is 0. The van der Waals surface area contributed by atoms with Crippen LogP contribution in [0.5, 0.6) is 17.2 Å². The van der Waals surface area contributed by atoms with Crippen LogP contribution in [0.1, 0.15) is 12.2 Å². The number of ether oxygens (including phenoxy) is 1. The summed E-state index contributed by atoms with van der Waals surface area (Å²) in [4.78, 5) is 24.1. The molecular formula is C19H16O7. The molecule has 3 aromatic rings. The lowest BCUT2D eigenvalue weighted by atomic mass is 9.98. The number of fused-ring (bicyclic) bond motifs is 1. The molecule has 2 aromatic carbocycles. The molecule has 0 aliphatic carbocycles. The molecule has 134 valence electrons. The van der Waals surface area contributed by atoms with Crippen LogP contribution in [0.4, 0.5) is 0 Å². The number of para-hydroxylation sites is 1. The Morgan fingerprint density at radius 3 is 2.62 bits per heavy atom. The highest BCUT2D eigenvalue weighted by atomic mass is 16.5. The van der Waals surface area contributed by atoms with E-state index in [1.807, 2.05) is 0 Å². The first-order chi connectivity index (χ1) is 12.4. The summed E-state index contributed by atoms with van der Waals surface area (Å²) in [5.74, 6) is -1.19. The summed E-state index contributed by atoms with van der Waals surface area (Å²) < 4.78 is 11.0. The van der Waals surface area contributed by atoms with Gasteiger partial charge < -0.3 is 24.5 Å². The number of phenolic OH excluding ortho intramolecular Hbond substituents is 2. The van der Waals surface area contributed by atoms with Gasteiger partial charge in [0.1, 0.15) is 34.0 Å². The molecule has 0 saturated heterocycles. The third kappa shape index (κ3) is 3.06. The van der Waals surface area contributed by atoms with E-state index in [9.17, 15) is 19.8 Å². The van der Waals surface area contributed by atoms with Gasteiger partial charge >= 0.3 is 5.97 Å². The Bertz CT molecular complexity index is 1050. The zero-order chi connectivity index (χ0) is 18.8. The first kappa shape index (κ1) is 17.3. The van der Waals surface area contributed by atoms with E-state index in [4.69, 9.17) is 14.3 Å². The number of aliphatic carboxylic acids is 1. The number of hydrogen-bond acceptors (Lipinski definition) is 6. The van der Waals surface area contributed by atoms with Crippen molar-refractivity contribution in [2.24, 2.45) is 0 Å². The number of benzene rings is 2. The fourth-order valence-electron chi connectivity index (χ4n) is 2.85. The summed E-state index contributed by atoms with van der Waals surface area (Å²) in [7, 11) is 1.45. The van der Waals surface area contributed by atoms with Crippen LogP contribution in [0.2, 0.25) is 0 Å². The van der Waals surface area contributed by atoms with Gasteiger partial charge in [-0.1, -0.05) is 18.2 Å². The minimum absolute atomic E-state index is 0.0217. The second kappa shape index (κ2) is 6.79.